The quantitative estimate of drug-likeness (QED) is 0.835. The maximum Gasteiger partial charge on any atom is 0.0242 e. The van der Waals surface area contributed by atoms with E-state index in [1.54, 1.807) is 0 Å². The van der Waals surface area contributed by atoms with Gasteiger partial charge >= 0.3 is 0 Å². The standard InChI is InChI=1S/C21H28N2/c1-17-14-18(2)21(19(3)15-17)16-23(13-11-22)12-7-10-20-8-5-4-6-9-20/h4-10,14-15H,11-13,16,22H2,1-3H3. The molecule has 0 heterocycles. The van der Waals surface area contributed by atoms with Gasteiger partial charge in [0.2, 0.25) is 0 Å². The SMILES string of the molecule is Cc1cc(C)c(CN(CC=Cc2ccccc2)CCN)c(C)c1. The van der Waals surface area contributed by atoms with Crippen molar-refractivity contribution in [3.8, 4) is 0 Å². The normalized spacial score (nSPS) is 11.5. The number of hydrogen-bond donors (Lipinski definition) is 1. The highest BCUT2D eigenvalue weighted by atomic mass is 15.1. The van der Waals surface area contributed by atoms with Crippen LogP contribution in [0, 0.1) is 20.8 Å². The molecule has 0 amide bonds. The molecule has 0 aromatic heterocycles. The molecule has 23 heavy (non-hydrogen) atoms. The summed E-state index contributed by atoms with van der Waals surface area (Å²) in [6, 6.07) is 15.0. The van der Waals surface area contributed by atoms with Crippen molar-refractivity contribution >= 4 is 6.08 Å². The molecule has 0 saturated heterocycles. The molecule has 122 valence electrons. The average molecular weight is 308 g/mol. The van der Waals surface area contributed by atoms with Crippen molar-refractivity contribution in [3.05, 3.63) is 76.4 Å². The lowest BCUT2D eigenvalue weighted by Gasteiger charge is -2.22. The van der Waals surface area contributed by atoms with Crippen LogP contribution in [0.25, 0.3) is 6.08 Å². The van der Waals surface area contributed by atoms with Crippen LogP contribution in [0.15, 0.2) is 48.5 Å². The van der Waals surface area contributed by atoms with Crippen molar-refractivity contribution in [2.24, 2.45) is 5.73 Å². The van der Waals surface area contributed by atoms with Crippen LogP contribution in [0.4, 0.5) is 0 Å². The third-order valence-electron chi connectivity index (χ3n) is 4.14. The zero-order chi connectivity index (χ0) is 16.7. The summed E-state index contributed by atoms with van der Waals surface area (Å²) in [5.74, 6) is 0. The highest BCUT2D eigenvalue weighted by molar-refractivity contribution is 5.48. The molecule has 2 nitrogen and oxygen atoms in total. The zero-order valence-corrected chi connectivity index (χ0v) is 14.5. The van der Waals surface area contributed by atoms with Crippen LogP contribution in [-0.2, 0) is 6.54 Å². The fourth-order valence-electron chi connectivity index (χ4n) is 3.00. The van der Waals surface area contributed by atoms with Gasteiger partial charge < -0.3 is 5.73 Å². The third kappa shape index (κ3) is 5.34. The molecule has 0 unspecified atom stereocenters. The number of aryl methyl sites for hydroxylation is 3. The second-order valence-corrected chi connectivity index (χ2v) is 6.21. The Morgan fingerprint density at radius 3 is 2.26 bits per heavy atom. The lowest BCUT2D eigenvalue weighted by molar-refractivity contribution is 0.302. The van der Waals surface area contributed by atoms with Crippen LogP contribution in [0.2, 0.25) is 0 Å². The van der Waals surface area contributed by atoms with E-state index >= 15 is 0 Å². The minimum absolute atomic E-state index is 0.684. The summed E-state index contributed by atoms with van der Waals surface area (Å²) in [5.41, 5.74) is 12.5. The Labute approximate surface area is 140 Å². The molecular weight excluding hydrogens is 280 g/mol. The highest BCUT2D eigenvalue weighted by Crippen LogP contribution is 2.18. The van der Waals surface area contributed by atoms with Gasteiger partial charge in [0.05, 0.1) is 0 Å². The Morgan fingerprint density at radius 2 is 1.65 bits per heavy atom. The summed E-state index contributed by atoms with van der Waals surface area (Å²) in [6.45, 7) is 10.0. The van der Waals surface area contributed by atoms with Crippen LogP contribution in [-0.4, -0.2) is 24.5 Å². The molecule has 0 saturated carbocycles. The van der Waals surface area contributed by atoms with E-state index in [1.165, 1.54) is 27.8 Å². The third-order valence-corrected chi connectivity index (χ3v) is 4.14. The van der Waals surface area contributed by atoms with Crippen molar-refractivity contribution in [3.63, 3.8) is 0 Å². The van der Waals surface area contributed by atoms with Crippen LogP contribution in [0.1, 0.15) is 27.8 Å². The van der Waals surface area contributed by atoms with E-state index in [9.17, 15) is 0 Å². The van der Waals surface area contributed by atoms with Crippen LogP contribution < -0.4 is 5.73 Å². The minimum atomic E-state index is 0.684. The molecule has 0 spiro atoms. The Balaban J connectivity index is 2.06. The Kier molecular flexibility index (Phi) is 6.57. The van der Waals surface area contributed by atoms with Gasteiger partial charge in [0, 0.05) is 26.2 Å². The molecule has 0 aliphatic heterocycles. The smallest absolute Gasteiger partial charge is 0.0242 e. The summed E-state index contributed by atoms with van der Waals surface area (Å²) in [4.78, 5) is 2.41. The van der Waals surface area contributed by atoms with Crippen molar-refractivity contribution in [2.45, 2.75) is 27.3 Å². The summed E-state index contributed by atoms with van der Waals surface area (Å²) < 4.78 is 0. The number of nitrogens with zero attached hydrogens (tertiary/aromatic N) is 1. The van der Waals surface area contributed by atoms with Crippen LogP contribution in [0.5, 0.6) is 0 Å². The first-order valence-electron chi connectivity index (χ1n) is 8.31. The number of hydrogen-bond acceptors (Lipinski definition) is 2. The fourth-order valence-corrected chi connectivity index (χ4v) is 3.00. The predicted octanol–water partition coefficient (Wildman–Crippen LogP) is 4.09. The molecule has 2 aromatic rings. The van der Waals surface area contributed by atoms with Gasteiger partial charge in [-0.2, -0.15) is 0 Å². The van der Waals surface area contributed by atoms with Crippen molar-refractivity contribution in [2.75, 3.05) is 19.6 Å². The van der Waals surface area contributed by atoms with Crippen LogP contribution >= 0.6 is 0 Å². The molecular formula is C21H28N2. The lowest BCUT2D eigenvalue weighted by atomic mass is 9.99. The van der Waals surface area contributed by atoms with Gasteiger partial charge in [-0.1, -0.05) is 60.2 Å². The monoisotopic (exact) mass is 308 g/mol. The van der Waals surface area contributed by atoms with Gasteiger partial charge in [0.25, 0.3) is 0 Å². The van der Waals surface area contributed by atoms with Gasteiger partial charge in [-0.3, -0.25) is 4.90 Å². The van der Waals surface area contributed by atoms with E-state index in [4.69, 9.17) is 5.73 Å². The summed E-state index contributed by atoms with van der Waals surface area (Å²) >= 11 is 0. The predicted molar refractivity (Wildman–Crippen MR) is 100 cm³/mol. The number of nitrogens with two attached hydrogens (primary N) is 1. The summed E-state index contributed by atoms with van der Waals surface area (Å²) in [6.07, 6.45) is 4.40. The summed E-state index contributed by atoms with van der Waals surface area (Å²) in [5, 5.41) is 0. The van der Waals surface area contributed by atoms with E-state index in [2.05, 4.69) is 74.2 Å². The maximum absolute atomic E-state index is 5.80. The first kappa shape index (κ1) is 17.5. The van der Waals surface area contributed by atoms with Gasteiger partial charge in [-0.25, -0.2) is 0 Å². The largest absolute Gasteiger partial charge is 0.329 e. The van der Waals surface area contributed by atoms with E-state index in [0.29, 0.717) is 6.54 Å². The van der Waals surface area contributed by atoms with E-state index < -0.39 is 0 Å². The van der Waals surface area contributed by atoms with Gasteiger partial charge in [0.15, 0.2) is 0 Å². The fraction of sp³-hybridized carbons (Fsp3) is 0.333. The average Bonchev–Trinajstić information content (AvgIpc) is 2.51. The molecule has 2 rings (SSSR count). The second kappa shape index (κ2) is 8.66. The molecule has 0 atom stereocenters. The van der Waals surface area contributed by atoms with Crippen molar-refractivity contribution in [1.82, 2.24) is 4.90 Å². The molecule has 0 radical (unpaired) electrons. The number of rotatable bonds is 7. The van der Waals surface area contributed by atoms with E-state index in [-0.39, 0.29) is 0 Å². The molecule has 2 aromatic carbocycles. The molecule has 0 aliphatic carbocycles. The Bertz CT molecular complexity index is 621. The molecule has 2 heteroatoms. The van der Waals surface area contributed by atoms with Gasteiger partial charge in [-0.15, -0.1) is 0 Å². The van der Waals surface area contributed by atoms with E-state index in [0.717, 1.165) is 19.6 Å². The maximum atomic E-state index is 5.80. The minimum Gasteiger partial charge on any atom is -0.329 e. The zero-order valence-electron chi connectivity index (χ0n) is 14.5. The summed E-state index contributed by atoms with van der Waals surface area (Å²) in [7, 11) is 0. The van der Waals surface area contributed by atoms with E-state index in [1.807, 2.05) is 6.07 Å². The lowest BCUT2D eigenvalue weighted by Crippen LogP contribution is -2.29. The molecule has 2 N–H and O–H groups in total. The Morgan fingerprint density at radius 1 is 1.00 bits per heavy atom. The van der Waals surface area contributed by atoms with Gasteiger partial charge in [-0.05, 0) is 43.0 Å². The number of benzene rings is 2. The first-order chi connectivity index (χ1) is 11.1. The Hall–Kier alpha value is -1.90. The van der Waals surface area contributed by atoms with Gasteiger partial charge in [0.1, 0.15) is 0 Å². The first-order valence-corrected chi connectivity index (χ1v) is 8.31. The van der Waals surface area contributed by atoms with Crippen molar-refractivity contribution in [1.29, 1.82) is 0 Å². The molecule has 0 bridgehead atoms. The highest BCUT2D eigenvalue weighted by Gasteiger charge is 2.09. The second-order valence-electron chi connectivity index (χ2n) is 6.21. The molecule has 0 aliphatic rings. The van der Waals surface area contributed by atoms with Crippen molar-refractivity contribution < 1.29 is 0 Å². The topological polar surface area (TPSA) is 29.3 Å². The molecule has 0 fully saturated rings. The van der Waals surface area contributed by atoms with Crippen LogP contribution in [0.3, 0.4) is 0 Å².